The highest BCUT2D eigenvalue weighted by Gasteiger charge is 2.38. The molecule has 2 heterocycles. The molecule has 0 aliphatic carbocycles. The largest absolute Gasteiger partial charge is 0.325 e. The third-order valence-corrected chi connectivity index (χ3v) is 6.00. The maximum Gasteiger partial charge on any atom is 0.237 e. The summed E-state index contributed by atoms with van der Waals surface area (Å²) in [6.07, 6.45) is 2.31. The summed E-state index contributed by atoms with van der Waals surface area (Å²) in [5.41, 5.74) is 0. The van der Waals surface area contributed by atoms with Crippen LogP contribution >= 0.6 is 0 Å². The molecular weight excluding hydrogens is 252 g/mol. The van der Waals surface area contributed by atoms with Crippen molar-refractivity contribution in [2.45, 2.75) is 44.5 Å². The minimum Gasteiger partial charge on any atom is -0.325 e. The predicted octanol–water partition coefficient (Wildman–Crippen LogP) is 0.368. The number of nitrogens with one attached hydrogen (secondary N) is 1. The zero-order chi connectivity index (χ0) is 13.3. The lowest BCUT2D eigenvalue weighted by Gasteiger charge is -2.27. The van der Waals surface area contributed by atoms with Gasteiger partial charge in [0.25, 0.3) is 0 Å². The molecule has 2 saturated heterocycles. The molecule has 6 heteroatoms. The lowest BCUT2D eigenvalue weighted by Crippen LogP contribution is -2.43. The summed E-state index contributed by atoms with van der Waals surface area (Å²) in [6, 6.07) is 0. The van der Waals surface area contributed by atoms with Crippen LogP contribution in [0.2, 0.25) is 0 Å². The van der Waals surface area contributed by atoms with Crippen molar-refractivity contribution < 1.29 is 13.2 Å². The Balaban J connectivity index is 2.04. The van der Waals surface area contributed by atoms with Crippen LogP contribution in [-0.2, 0) is 14.6 Å². The van der Waals surface area contributed by atoms with Crippen molar-refractivity contribution in [3.05, 3.63) is 0 Å². The minimum absolute atomic E-state index is 0.00769. The monoisotopic (exact) mass is 274 g/mol. The summed E-state index contributed by atoms with van der Waals surface area (Å²) < 4.78 is 23.7. The maximum atomic E-state index is 11.8. The molecule has 0 aromatic heterocycles. The van der Waals surface area contributed by atoms with E-state index in [0.717, 1.165) is 12.8 Å². The molecule has 18 heavy (non-hydrogen) atoms. The second kappa shape index (κ2) is 5.17. The lowest BCUT2D eigenvalue weighted by molar-refractivity contribution is -0.128. The summed E-state index contributed by atoms with van der Waals surface area (Å²) in [4.78, 5) is 13.6. The molecule has 0 bridgehead atoms. The van der Waals surface area contributed by atoms with Gasteiger partial charge in [0.2, 0.25) is 5.91 Å². The number of hydrogen-bond donors (Lipinski definition) is 1. The average molecular weight is 274 g/mol. The Hall–Kier alpha value is -0.620. The van der Waals surface area contributed by atoms with Gasteiger partial charge in [-0.05, 0) is 25.2 Å². The first-order valence-corrected chi connectivity index (χ1v) is 8.36. The normalized spacial score (nSPS) is 31.5. The smallest absolute Gasteiger partial charge is 0.237 e. The van der Waals surface area contributed by atoms with Gasteiger partial charge in [0, 0.05) is 6.54 Å². The van der Waals surface area contributed by atoms with Gasteiger partial charge < -0.3 is 4.90 Å². The first-order valence-electron chi connectivity index (χ1n) is 6.64. The van der Waals surface area contributed by atoms with Crippen molar-refractivity contribution in [2.24, 2.45) is 5.92 Å². The quantitative estimate of drug-likeness (QED) is 0.804. The second-order valence-corrected chi connectivity index (χ2v) is 8.10. The number of rotatable bonds is 4. The van der Waals surface area contributed by atoms with Crippen LogP contribution in [0.3, 0.4) is 0 Å². The predicted molar refractivity (Wildman–Crippen MR) is 69.8 cm³/mol. The highest BCUT2D eigenvalue weighted by Crippen LogP contribution is 2.23. The Bertz CT molecular complexity index is 419. The van der Waals surface area contributed by atoms with Crippen molar-refractivity contribution in [2.75, 3.05) is 18.8 Å². The van der Waals surface area contributed by atoms with Crippen LogP contribution in [0.4, 0.5) is 0 Å². The number of sulfone groups is 1. The van der Waals surface area contributed by atoms with Crippen LogP contribution in [0.15, 0.2) is 0 Å². The van der Waals surface area contributed by atoms with E-state index in [2.05, 4.69) is 19.2 Å². The Labute approximate surface area is 109 Å². The summed E-state index contributed by atoms with van der Waals surface area (Å²) in [6.45, 7) is 4.92. The van der Waals surface area contributed by atoms with Crippen LogP contribution in [0.1, 0.15) is 33.1 Å². The van der Waals surface area contributed by atoms with Crippen molar-refractivity contribution in [3.63, 3.8) is 0 Å². The number of carbonyl (C=O) groups excluding carboxylic acids is 1. The van der Waals surface area contributed by atoms with Crippen molar-refractivity contribution in [1.29, 1.82) is 0 Å². The molecule has 5 nitrogen and oxygen atoms in total. The van der Waals surface area contributed by atoms with Gasteiger partial charge >= 0.3 is 0 Å². The summed E-state index contributed by atoms with van der Waals surface area (Å²) in [5, 5.41) is 2.82. The average Bonchev–Trinajstić information content (AvgIpc) is 2.75. The minimum atomic E-state index is -2.97. The Morgan fingerprint density at radius 3 is 2.72 bits per heavy atom. The third-order valence-electron chi connectivity index (χ3n) is 3.74. The Morgan fingerprint density at radius 1 is 1.44 bits per heavy atom. The van der Waals surface area contributed by atoms with Crippen molar-refractivity contribution >= 4 is 15.7 Å². The molecule has 0 spiro atoms. The van der Waals surface area contributed by atoms with Crippen LogP contribution in [0.25, 0.3) is 0 Å². The van der Waals surface area contributed by atoms with Crippen LogP contribution in [-0.4, -0.2) is 49.5 Å². The molecular formula is C12H22N2O3S. The van der Waals surface area contributed by atoms with E-state index in [-0.39, 0.29) is 23.1 Å². The molecule has 0 saturated carbocycles. The fourth-order valence-corrected chi connectivity index (χ4v) is 4.58. The van der Waals surface area contributed by atoms with Crippen LogP contribution < -0.4 is 5.32 Å². The molecule has 0 aromatic carbocycles. The molecule has 1 N–H and O–H groups in total. The molecule has 0 aromatic rings. The van der Waals surface area contributed by atoms with E-state index in [1.165, 1.54) is 0 Å². The van der Waals surface area contributed by atoms with Gasteiger partial charge in [0.05, 0.1) is 23.7 Å². The van der Waals surface area contributed by atoms with Crippen LogP contribution in [0, 0.1) is 5.92 Å². The van der Waals surface area contributed by atoms with Crippen molar-refractivity contribution in [3.8, 4) is 0 Å². The molecule has 2 rings (SSSR count). The second-order valence-electron chi connectivity index (χ2n) is 5.70. The van der Waals surface area contributed by atoms with Gasteiger partial charge in [-0.1, -0.05) is 13.8 Å². The van der Waals surface area contributed by atoms with E-state index >= 15 is 0 Å². The summed E-state index contributed by atoms with van der Waals surface area (Å²) >= 11 is 0. The van der Waals surface area contributed by atoms with E-state index < -0.39 is 9.84 Å². The van der Waals surface area contributed by atoms with Crippen LogP contribution in [0.5, 0.6) is 0 Å². The fraction of sp³-hybridized carbons (Fsp3) is 0.917. The summed E-state index contributed by atoms with van der Waals surface area (Å²) in [5.74, 6) is 0.793. The molecule has 2 fully saturated rings. The fourth-order valence-electron chi connectivity index (χ4n) is 2.76. The number of carbonyl (C=O) groups is 1. The number of nitrogens with zero attached hydrogens (tertiary/aromatic N) is 1. The van der Waals surface area contributed by atoms with Gasteiger partial charge in [-0.3, -0.25) is 10.1 Å². The molecule has 0 radical (unpaired) electrons. The molecule has 2 aliphatic heterocycles. The standard InChI is InChI=1S/C12H22N2O3S/c1-9(2)6-11-13-7-12(15)14(11)8-10-4-3-5-18(10,16)17/h9-11,13H,3-8H2,1-2H3. The van der Waals surface area contributed by atoms with E-state index in [9.17, 15) is 13.2 Å². The van der Waals surface area contributed by atoms with Gasteiger partial charge in [0.1, 0.15) is 0 Å². The van der Waals surface area contributed by atoms with Gasteiger partial charge in [-0.2, -0.15) is 0 Å². The van der Waals surface area contributed by atoms with E-state index in [0.29, 0.717) is 25.4 Å². The van der Waals surface area contributed by atoms with Gasteiger partial charge in [-0.15, -0.1) is 0 Å². The topological polar surface area (TPSA) is 66.5 Å². The highest BCUT2D eigenvalue weighted by atomic mass is 32.2. The van der Waals surface area contributed by atoms with E-state index in [4.69, 9.17) is 0 Å². The zero-order valence-electron chi connectivity index (χ0n) is 11.1. The van der Waals surface area contributed by atoms with Crippen molar-refractivity contribution in [1.82, 2.24) is 10.2 Å². The van der Waals surface area contributed by atoms with E-state index in [1.54, 1.807) is 4.90 Å². The first-order chi connectivity index (χ1) is 8.40. The molecule has 2 atom stereocenters. The first kappa shape index (κ1) is 13.8. The van der Waals surface area contributed by atoms with Gasteiger partial charge in [0.15, 0.2) is 9.84 Å². The molecule has 2 unspecified atom stereocenters. The maximum absolute atomic E-state index is 11.8. The number of hydrogen-bond acceptors (Lipinski definition) is 4. The summed E-state index contributed by atoms with van der Waals surface area (Å²) in [7, 11) is -2.97. The van der Waals surface area contributed by atoms with Gasteiger partial charge in [-0.25, -0.2) is 8.42 Å². The zero-order valence-corrected chi connectivity index (χ0v) is 11.9. The molecule has 2 aliphatic rings. The number of amides is 1. The van der Waals surface area contributed by atoms with E-state index in [1.807, 2.05) is 0 Å². The Kier molecular flexibility index (Phi) is 3.96. The highest BCUT2D eigenvalue weighted by molar-refractivity contribution is 7.92. The molecule has 1 amide bonds. The SMILES string of the molecule is CC(C)CC1NCC(=O)N1CC1CCCS1(=O)=O. The third kappa shape index (κ3) is 2.85. The Morgan fingerprint density at radius 2 is 2.17 bits per heavy atom. The molecule has 104 valence electrons. The lowest BCUT2D eigenvalue weighted by atomic mass is 10.1.